The van der Waals surface area contributed by atoms with Gasteiger partial charge in [-0.2, -0.15) is 0 Å². The van der Waals surface area contributed by atoms with E-state index in [1.807, 2.05) is 0 Å². The first-order chi connectivity index (χ1) is 17.6. The van der Waals surface area contributed by atoms with Gasteiger partial charge in [0.1, 0.15) is 0 Å². The molecule has 0 heterocycles. The third-order valence-corrected chi connectivity index (χ3v) is 8.81. The smallest absolute Gasteiger partial charge is 0.0332 e. The van der Waals surface area contributed by atoms with Crippen molar-refractivity contribution in [3.05, 3.63) is 131 Å². The lowest BCUT2D eigenvalue weighted by Gasteiger charge is -2.22. The number of hydrogen-bond acceptors (Lipinski definition) is 0. The molecule has 1 aliphatic rings. The minimum atomic E-state index is -0.0200. The van der Waals surface area contributed by atoms with E-state index in [4.69, 9.17) is 0 Å². The molecule has 0 saturated heterocycles. The summed E-state index contributed by atoms with van der Waals surface area (Å²) < 4.78 is 1.16. The molecule has 0 N–H and O–H groups in total. The average molecular weight is 525 g/mol. The fraction of sp³-hybridized carbons (Fsp3) is 0.0857. The molecule has 0 fully saturated rings. The number of rotatable bonds is 2. The lowest BCUT2D eigenvalue weighted by Crippen LogP contribution is -2.14. The van der Waals surface area contributed by atoms with Crippen molar-refractivity contribution < 1.29 is 0 Å². The molecule has 1 aliphatic carbocycles. The van der Waals surface area contributed by atoms with Gasteiger partial charge in [0.25, 0.3) is 0 Å². The van der Waals surface area contributed by atoms with E-state index in [1.54, 1.807) is 0 Å². The van der Waals surface area contributed by atoms with Crippen LogP contribution in [0.5, 0.6) is 0 Å². The fourth-order valence-electron chi connectivity index (χ4n) is 6.19. The van der Waals surface area contributed by atoms with E-state index in [0.717, 1.165) is 4.47 Å². The molecule has 0 unspecified atom stereocenters. The van der Waals surface area contributed by atoms with E-state index >= 15 is 0 Å². The maximum absolute atomic E-state index is 3.91. The van der Waals surface area contributed by atoms with Crippen LogP contribution in [0, 0.1) is 0 Å². The van der Waals surface area contributed by atoms with Crippen LogP contribution in [0.15, 0.2) is 120 Å². The SMILES string of the molecule is CC1(C)c2ccccc2-c2ccc(-c3ccccc3-c3c4ccccc4c(Br)c4ccccc34)cc21. The quantitative estimate of drug-likeness (QED) is 0.197. The Hall–Kier alpha value is -3.68. The minimum Gasteiger partial charge on any atom is -0.0619 e. The Morgan fingerprint density at radius 3 is 1.64 bits per heavy atom. The summed E-state index contributed by atoms with van der Waals surface area (Å²) in [6.45, 7) is 4.70. The molecule has 7 rings (SSSR count). The second-order valence-corrected chi connectivity index (χ2v) is 11.0. The molecule has 0 radical (unpaired) electrons. The van der Waals surface area contributed by atoms with Gasteiger partial charge in [0.2, 0.25) is 0 Å². The van der Waals surface area contributed by atoms with Crippen LogP contribution in [0.3, 0.4) is 0 Å². The highest BCUT2D eigenvalue weighted by Gasteiger charge is 2.35. The Morgan fingerprint density at radius 2 is 0.972 bits per heavy atom. The molecule has 172 valence electrons. The van der Waals surface area contributed by atoms with Gasteiger partial charge in [-0.1, -0.05) is 123 Å². The number of halogens is 1. The second-order valence-electron chi connectivity index (χ2n) is 10.3. The normalized spacial score (nSPS) is 13.6. The first kappa shape index (κ1) is 21.6. The van der Waals surface area contributed by atoms with Gasteiger partial charge in [0, 0.05) is 9.89 Å². The lowest BCUT2D eigenvalue weighted by atomic mass is 9.81. The molecule has 0 aliphatic heterocycles. The number of fused-ring (bicyclic) bond motifs is 5. The van der Waals surface area contributed by atoms with Gasteiger partial charge in [0.05, 0.1) is 0 Å². The highest BCUT2D eigenvalue weighted by atomic mass is 79.9. The third kappa shape index (κ3) is 2.99. The summed E-state index contributed by atoms with van der Waals surface area (Å²) in [6.07, 6.45) is 0. The Labute approximate surface area is 220 Å². The Bertz CT molecular complexity index is 1770. The predicted molar refractivity (Wildman–Crippen MR) is 158 cm³/mol. The van der Waals surface area contributed by atoms with E-state index in [9.17, 15) is 0 Å². The van der Waals surface area contributed by atoms with Crippen molar-refractivity contribution in [2.75, 3.05) is 0 Å². The largest absolute Gasteiger partial charge is 0.0619 e. The fourth-order valence-corrected chi connectivity index (χ4v) is 6.88. The molecule has 0 bridgehead atoms. The van der Waals surface area contributed by atoms with Gasteiger partial charge in [-0.15, -0.1) is 0 Å². The summed E-state index contributed by atoms with van der Waals surface area (Å²) in [6, 6.07) is 42.3. The van der Waals surface area contributed by atoms with Crippen molar-refractivity contribution >= 4 is 37.5 Å². The highest BCUT2D eigenvalue weighted by molar-refractivity contribution is 9.10. The van der Waals surface area contributed by atoms with Gasteiger partial charge in [-0.25, -0.2) is 0 Å². The summed E-state index contributed by atoms with van der Waals surface area (Å²) in [4.78, 5) is 0. The van der Waals surface area contributed by atoms with Crippen molar-refractivity contribution in [1.29, 1.82) is 0 Å². The van der Waals surface area contributed by atoms with Crippen LogP contribution >= 0.6 is 15.9 Å². The standard InChI is InChI=1S/C35H25Br/c1-35(2)31-18-10-9-12-24(31)25-20-19-22(21-32(25)35)23-11-3-4-13-26(23)33-27-14-5-7-16-29(27)34(36)30-17-8-6-15-28(30)33/h3-21H,1-2H3. The first-order valence-electron chi connectivity index (χ1n) is 12.5. The van der Waals surface area contributed by atoms with Crippen molar-refractivity contribution in [3.63, 3.8) is 0 Å². The van der Waals surface area contributed by atoms with Crippen LogP contribution in [0.1, 0.15) is 25.0 Å². The zero-order valence-corrected chi connectivity index (χ0v) is 21.9. The van der Waals surface area contributed by atoms with E-state index in [1.165, 1.54) is 66.1 Å². The summed E-state index contributed by atoms with van der Waals surface area (Å²) in [7, 11) is 0. The van der Waals surface area contributed by atoms with Crippen LogP contribution < -0.4 is 0 Å². The zero-order chi connectivity index (χ0) is 24.4. The van der Waals surface area contributed by atoms with Crippen LogP contribution in [0.2, 0.25) is 0 Å². The van der Waals surface area contributed by atoms with Gasteiger partial charge < -0.3 is 0 Å². The molecule has 0 nitrogen and oxygen atoms in total. The molecule has 6 aromatic rings. The van der Waals surface area contributed by atoms with Crippen LogP contribution in [0.25, 0.3) is 54.9 Å². The van der Waals surface area contributed by atoms with Gasteiger partial charge >= 0.3 is 0 Å². The molecule has 6 aromatic carbocycles. The molecule has 0 saturated carbocycles. The molecule has 0 aromatic heterocycles. The summed E-state index contributed by atoms with van der Waals surface area (Å²) in [5, 5.41) is 5.02. The van der Waals surface area contributed by atoms with Crippen molar-refractivity contribution in [2.24, 2.45) is 0 Å². The van der Waals surface area contributed by atoms with E-state index < -0.39 is 0 Å². The van der Waals surface area contributed by atoms with Crippen LogP contribution in [0.4, 0.5) is 0 Å². The maximum Gasteiger partial charge on any atom is 0.0332 e. The molecule has 0 amide bonds. The summed E-state index contributed by atoms with van der Waals surface area (Å²) >= 11 is 3.91. The Kier molecular flexibility index (Phi) is 4.75. The monoisotopic (exact) mass is 524 g/mol. The summed E-state index contributed by atoms with van der Waals surface area (Å²) in [5.41, 5.74) is 10.6. The number of benzene rings is 6. The van der Waals surface area contributed by atoms with Crippen molar-refractivity contribution in [1.82, 2.24) is 0 Å². The molecule has 1 heteroatoms. The molecule has 0 atom stereocenters. The predicted octanol–water partition coefficient (Wildman–Crippen LogP) is 10.4. The van der Waals surface area contributed by atoms with E-state index in [2.05, 4.69) is 145 Å². The van der Waals surface area contributed by atoms with E-state index in [0.29, 0.717) is 0 Å². The van der Waals surface area contributed by atoms with Gasteiger partial charge in [0.15, 0.2) is 0 Å². The number of hydrogen-bond donors (Lipinski definition) is 0. The van der Waals surface area contributed by atoms with Gasteiger partial charge in [-0.05, 0) is 88.0 Å². The van der Waals surface area contributed by atoms with Crippen molar-refractivity contribution in [3.8, 4) is 33.4 Å². The summed E-state index contributed by atoms with van der Waals surface area (Å²) in [5.74, 6) is 0. The Morgan fingerprint density at radius 1 is 0.472 bits per heavy atom. The third-order valence-electron chi connectivity index (χ3n) is 7.96. The van der Waals surface area contributed by atoms with E-state index in [-0.39, 0.29) is 5.41 Å². The zero-order valence-electron chi connectivity index (χ0n) is 20.3. The minimum absolute atomic E-state index is 0.0200. The molecule has 0 spiro atoms. The highest BCUT2D eigenvalue weighted by Crippen LogP contribution is 2.50. The Balaban J connectivity index is 1.52. The molecular weight excluding hydrogens is 500 g/mol. The van der Waals surface area contributed by atoms with Crippen molar-refractivity contribution in [2.45, 2.75) is 19.3 Å². The van der Waals surface area contributed by atoms with Crippen LogP contribution in [-0.4, -0.2) is 0 Å². The second kappa shape index (κ2) is 7.91. The van der Waals surface area contributed by atoms with Gasteiger partial charge in [-0.3, -0.25) is 0 Å². The molecule has 36 heavy (non-hydrogen) atoms. The lowest BCUT2D eigenvalue weighted by molar-refractivity contribution is 0.660. The first-order valence-corrected chi connectivity index (χ1v) is 13.3. The van der Waals surface area contributed by atoms with Crippen LogP contribution in [-0.2, 0) is 5.41 Å². The topological polar surface area (TPSA) is 0 Å². The molecular formula is C35H25Br. The maximum atomic E-state index is 3.91. The average Bonchev–Trinajstić information content (AvgIpc) is 3.15.